The van der Waals surface area contributed by atoms with E-state index in [1.165, 1.54) is 31.0 Å². The van der Waals surface area contributed by atoms with Gasteiger partial charge >= 0.3 is 5.97 Å². The molecule has 2 aromatic rings. The van der Waals surface area contributed by atoms with Crippen LogP contribution in [0.5, 0.6) is 0 Å². The average Bonchev–Trinajstić information content (AvgIpc) is 3.39. The van der Waals surface area contributed by atoms with Crippen LogP contribution in [0.3, 0.4) is 0 Å². The Hall–Kier alpha value is -3.28. The molecule has 1 atom stereocenters. The van der Waals surface area contributed by atoms with Crippen LogP contribution in [-0.4, -0.2) is 52.7 Å². The molecule has 6 nitrogen and oxygen atoms in total. The van der Waals surface area contributed by atoms with Crippen LogP contribution in [0.2, 0.25) is 0 Å². The molecule has 1 aliphatic carbocycles. The summed E-state index contributed by atoms with van der Waals surface area (Å²) in [7, 11) is 5.48. The molecule has 0 N–H and O–H groups in total. The van der Waals surface area contributed by atoms with Crippen LogP contribution in [0.1, 0.15) is 44.1 Å². The molecule has 6 heteroatoms. The van der Waals surface area contributed by atoms with Crippen LogP contribution < -0.4 is 14.7 Å². The van der Waals surface area contributed by atoms with Gasteiger partial charge in [0.1, 0.15) is 0 Å². The molecule has 1 saturated carbocycles. The Kier molecular flexibility index (Phi) is 8.68. The molecule has 192 valence electrons. The van der Waals surface area contributed by atoms with Crippen molar-refractivity contribution in [3.8, 4) is 0 Å². The Morgan fingerprint density at radius 1 is 1.00 bits per heavy atom. The van der Waals surface area contributed by atoms with Gasteiger partial charge in [0.05, 0.1) is 7.11 Å². The smallest absolute Gasteiger partial charge is 0.330 e. The van der Waals surface area contributed by atoms with E-state index in [0.29, 0.717) is 12.5 Å². The monoisotopic (exact) mass is 489 g/mol. The van der Waals surface area contributed by atoms with Gasteiger partial charge in [-0.1, -0.05) is 31.4 Å². The number of esters is 1. The number of benzene rings is 2. The first-order valence-corrected chi connectivity index (χ1v) is 13.1. The molecular weight excluding hydrogens is 450 g/mol. The average molecular weight is 490 g/mol. The number of carbonyl (C=O) groups excluding carboxylic acids is 2. The van der Waals surface area contributed by atoms with E-state index in [1.807, 2.05) is 29.2 Å². The molecule has 0 unspecified atom stereocenters. The van der Waals surface area contributed by atoms with Gasteiger partial charge < -0.3 is 19.4 Å². The minimum Gasteiger partial charge on any atom is -0.466 e. The number of hydrogen-bond acceptors (Lipinski definition) is 5. The normalized spacial score (nSPS) is 18.4. The first kappa shape index (κ1) is 25.8. The Labute approximate surface area is 215 Å². The van der Waals surface area contributed by atoms with E-state index < -0.39 is 0 Å². The third-order valence-corrected chi connectivity index (χ3v) is 7.47. The number of methoxy groups -OCH3 is 1. The molecule has 0 aromatic heterocycles. The van der Waals surface area contributed by atoms with Crippen LogP contribution >= 0.6 is 0 Å². The Bertz CT molecular complexity index is 1060. The minimum atomic E-state index is -0.389. The maximum Gasteiger partial charge on any atom is 0.330 e. The highest BCUT2D eigenvalue weighted by molar-refractivity contribution is 5.95. The highest BCUT2D eigenvalue weighted by Gasteiger charge is 2.31. The van der Waals surface area contributed by atoms with E-state index in [2.05, 4.69) is 48.2 Å². The summed E-state index contributed by atoms with van der Waals surface area (Å²) in [5, 5.41) is 0. The molecule has 36 heavy (non-hydrogen) atoms. The van der Waals surface area contributed by atoms with Crippen molar-refractivity contribution in [3.05, 3.63) is 60.2 Å². The molecule has 1 amide bonds. The minimum absolute atomic E-state index is 0.101. The number of carbonyl (C=O) groups is 2. The van der Waals surface area contributed by atoms with Crippen molar-refractivity contribution in [1.29, 1.82) is 0 Å². The van der Waals surface area contributed by atoms with Gasteiger partial charge in [0.15, 0.2) is 0 Å². The Morgan fingerprint density at radius 2 is 1.75 bits per heavy atom. The van der Waals surface area contributed by atoms with Gasteiger partial charge in [-0.05, 0) is 73.2 Å². The maximum atomic E-state index is 13.8. The molecule has 2 fully saturated rings. The van der Waals surface area contributed by atoms with E-state index in [1.54, 1.807) is 6.08 Å². The predicted octanol–water partition coefficient (Wildman–Crippen LogP) is 5.38. The van der Waals surface area contributed by atoms with Crippen molar-refractivity contribution in [1.82, 2.24) is 0 Å². The van der Waals surface area contributed by atoms with E-state index in [9.17, 15) is 9.59 Å². The zero-order valence-electron chi connectivity index (χ0n) is 21.9. The predicted molar refractivity (Wildman–Crippen MR) is 148 cm³/mol. The maximum absolute atomic E-state index is 13.8. The summed E-state index contributed by atoms with van der Waals surface area (Å²) in [6.45, 7) is 2.66. The van der Waals surface area contributed by atoms with Crippen molar-refractivity contribution in [2.75, 3.05) is 55.5 Å². The van der Waals surface area contributed by atoms with Gasteiger partial charge in [-0.15, -0.1) is 0 Å². The van der Waals surface area contributed by atoms with Crippen LogP contribution in [-0.2, 0) is 14.3 Å². The zero-order chi connectivity index (χ0) is 25.5. The van der Waals surface area contributed by atoms with Gasteiger partial charge in [-0.2, -0.15) is 0 Å². The van der Waals surface area contributed by atoms with Crippen molar-refractivity contribution in [3.63, 3.8) is 0 Å². The quantitative estimate of drug-likeness (QED) is 0.368. The molecule has 4 rings (SSSR count). The number of rotatable bonds is 8. The fourth-order valence-electron chi connectivity index (χ4n) is 5.36. The number of hydrogen-bond donors (Lipinski definition) is 0. The summed E-state index contributed by atoms with van der Waals surface area (Å²) < 4.78 is 4.72. The lowest BCUT2D eigenvalue weighted by Gasteiger charge is -2.31. The largest absolute Gasteiger partial charge is 0.466 e. The first-order chi connectivity index (χ1) is 17.4. The van der Waals surface area contributed by atoms with Crippen molar-refractivity contribution < 1.29 is 14.3 Å². The van der Waals surface area contributed by atoms with E-state index in [-0.39, 0.29) is 17.8 Å². The van der Waals surface area contributed by atoms with Gasteiger partial charge in [-0.25, -0.2) is 4.79 Å². The van der Waals surface area contributed by atoms with Crippen LogP contribution in [0, 0.1) is 11.8 Å². The Balaban J connectivity index is 1.51. The van der Waals surface area contributed by atoms with E-state index >= 15 is 0 Å². The number of amides is 1. The van der Waals surface area contributed by atoms with Gasteiger partial charge in [0.25, 0.3) is 0 Å². The highest BCUT2D eigenvalue weighted by Crippen LogP contribution is 2.31. The number of anilines is 3. The molecule has 2 aromatic carbocycles. The topological polar surface area (TPSA) is 53.1 Å². The molecule has 0 spiro atoms. The lowest BCUT2D eigenvalue weighted by atomic mass is 9.88. The van der Waals surface area contributed by atoms with E-state index in [4.69, 9.17) is 4.74 Å². The number of ether oxygens (including phenoxy) is 1. The van der Waals surface area contributed by atoms with Crippen LogP contribution in [0.4, 0.5) is 17.1 Å². The van der Waals surface area contributed by atoms with Crippen LogP contribution in [0.15, 0.2) is 54.6 Å². The fraction of sp³-hybridized carbons (Fsp3) is 0.467. The zero-order valence-corrected chi connectivity index (χ0v) is 21.9. The molecule has 1 saturated heterocycles. The third kappa shape index (κ3) is 6.48. The second-order valence-corrected chi connectivity index (χ2v) is 10.2. The van der Waals surface area contributed by atoms with E-state index in [0.717, 1.165) is 56.4 Å². The molecular formula is C30H39N3O3. The Morgan fingerprint density at radius 3 is 2.44 bits per heavy atom. The summed E-state index contributed by atoms with van der Waals surface area (Å²) >= 11 is 0. The summed E-state index contributed by atoms with van der Waals surface area (Å²) in [5.74, 6) is 0.363. The standard InChI is InChI=1S/C30H39N3O3/c1-31(2)26-13-15-27(16-14-26)32-19-18-24(21-32)22-33(30(35)25-9-5-4-6-10-25)28-11-7-8-23(20-28)12-17-29(34)36-3/h7-8,11-17,20,24-25H,4-6,9-10,18-19,21-22H2,1-3H3/b17-12+/t24-/m0/s1. The first-order valence-electron chi connectivity index (χ1n) is 13.1. The SMILES string of the molecule is COC(=O)/C=C/c1cccc(N(C[C@H]2CCN(c3ccc(N(C)C)cc3)C2)C(=O)C2CCCCC2)c1. The van der Waals surface area contributed by atoms with Crippen molar-refractivity contribution in [2.24, 2.45) is 11.8 Å². The molecule has 2 aliphatic rings. The fourth-order valence-corrected chi connectivity index (χ4v) is 5.36. The van der Waals surface area contributed by atoms with Gasteiger partial charge in [0.2, 0.25) is 5.91 Å². The van der Waals surface area contributed by atoms with Gasteiger partial charge in [0, 0.05) is 62.8 Å². The summed E-state index contributed by atoms with van der Waals surface area (Å²) in [5.41, 5.74) is 4.22. The lowest BCUT2D eigenvalue weighted by Crippen LogP contribution is -2.41. The second kappa shape index (κ2) is 12.1. The summed E-state index contributed by atoms with van der Waals surface area (Å²) in [4.78, 5) is 31.9. The van der Waals surface area contributed by atoms with Gasteiger partial charge in [-0.3, -0.25) is 4.79 Å². The highest BCUT2D eigenvalue weighted by atomic mass is 16.5. The molecule has 0 radical (unpaired) electrons. The van der Waals surface area contributed by atoms with Crippen LogP contribution in [0.25, 0.3) is 6.08 Å². The number of nitrogens with zero attached hydrogens (tertiary/aromatic N) is 3. The summed E-state index contributed by atoms with van der Waals surface area (Å²) in [6, 6.07) is 16.6. The molecule has 1 heterocycles. The van der Waals surface area contributed by atoms with Crippen molar-refractivity contribution in [2.45, 2.75) is 38.5 Å². The lowest BCUT2D eigenvalue weighted by molar-refractivity contribution is -0.134. The third-order valence-electron chi connectivity index (χ3n) is 7.47. The summed E-state index contributed by atoms with van der Waals surface area (Å²) in [6.07, 6.45) is 9.67. The second-order valence-electron chi connectivity index (χ2n) is 10.2. The molecule has 0 bridgehead atoms. The van der Waals surface area contributed by atoms with Crippen molar-refractivity contribution >= 4 is 35.0 Å². The molecule has 1 aliphatic heterocycles.